The molecule has 0 aliphatic carbocycles. The maximum atomic E-state index is 12.3. The van der Waals surface area contributed by atoms with Gasteiger partial charge in [0.15, 0.2) is 5.72 Å². The smallest absolute Gasteiger partial charge is 0.316 e. The number of carboxylic acids is 1. The Hall–Kier alpha value is -1.75. The van der Waals surface area contributed by atoms with Crippen LogP contribution in [0.15, 0.2) is 18.2 Å². The lowest BCUT2D eigenvalue weighted by Gasteiger charge is -2.51. The third-order valence-corrected chi connectivity index (χ3v) is 4.51. The lowest BCUT2D eigenvalue weighted by Crippen LogP contribution is -2.62. The van der Waals surface area contributed by atoms with Crippen molar-refractivity contribution < 1.29 is 19.4 Å². The molecule has 1 N–H and O–H groups in total. The molecular formula is C14H14ClNO4. The predicted octanol–water partition coefficient (Wildman–Crippen LogP) is 2.10. The van der Waals surface area contributed by atoms with Crippen LogP contribution >= 0.6 is 11.6 Å². The minimum atomic E-state index is -1.11. The molecule has 1 fully saturated rings. The molecule has 0 aromatic heterocycles. The van der Waals surface area contributed by atoms with Crippen LogP contribution in [0.4, 0.5) is 0 Å². The Balaban J connectivity index is 2.19. The molecule has 2 aliphatic rings. The van der Waals surface area contributed by atoms with E-state index < -0.39 is 29.4 Å². The van der Waals surface area contributed by atoms with Gasteiger partial charge in [-0.05, 0) is 25.1 Å². The van der Waals surface area contributed by atoms with E-state index in [1.54, 1.807) is 32.2 Å². The molecule has 1 saturated heterocycles. The van der Waals surface area contributed by atoms with E-state index in [9.17, 15) is 14.7 Å². The van der Waals surface area contributed by atoms with Gasteiger partial charge in [-0.15, -0.1) is 0 Å². The SMILES string of the molecule is CN1C(=O)[C@@H](C(=O)O)[C@@H]2C[C@@]1(C)Oc1ccc(Cl)cc12. The molecule has 2 aliphatic heterocycles. The summed E-state index contributed by atoms with van der Waals surface area (Å²) in [7, 11) is 1.58. The summed E-state index contributed by atoms with van der Waals surface area (Å²) < 4.78 is 5.91. The van der Waals surface area contributed by atoms with Gasteiger partial charge >= 0.3 is 5.97 Å². The summed E-state index contributed by atoms with van der Waals surface area (Å²) in [5.41, 5.74) is -0.113. The van der Waals surface area contributed by atoms with Crippen LogP contribution in [0.2, 0.25) is 5.02 Å². The molecule has 0 radical (unpaired) electrons. The van der Waals surface area contributed by atoms with E-state index in [0.29, 0.717) is 22.8 Å². The highest BCUT2D eigenvalue weighted by Crippen LogP contribution is 2.50. The molecule has 1 amide bonds. The average molecular weight is 296 g/mol. The first kappa shape index (κ1) is 13.2. The van der Waals surface area contributed by atoms with Gasteiger partial charge in [0.2, 0.25) is 5.91 Å². The number of nitrogens with zero attached hydrogens (tertiary/aromatic N) is 1. The highest BCUT2D eigenvalue weighted by Gasteiger charge is 2.55. The molecule has 3 rings (SSSR count). The van der Waals surface area contributed by atoms with Gasteiger partial charge in [-0.25, -0.2) is 0 Å². The summed E-state index contributed by atoms with van der Waals surface area (Å²) in [6.45, 7) is 1.80. The standard InChI is InChI=1S/C14H14ClNO4/c1-14-6-9(11(13(18)19)12(17)16(14)2)8-5-7(15)3-4-10(8)20-14/h3-5,9,11H,6H2,1-2H3,(H,18,19)/t9-,11+,14-/m1/s1. The Kier molecular flexibility index (Phi) is 2.73. The minimum Gasteiger partial charge on any atom is -0.481 e. The molecule has 2 bridgehead atoms. The Morgan fingerprint density at radius 3 is 2.90 bits per heavy atom. The van der Waals surface area contributed by atoms with Gasteiger partial charge in [0.25, 0.3) is 0 Å². The summed E-state index contributed by atoms with van der Waals surface area (Å²) >= 11 is 5.98. The Morgan fingerprint density at radius 2 is 2.25 bits per heavy atom. The Bertz CT molecular complexity index is 617. The number of benzene rings is 1. The van der Waals surface area contributed by atoms with Gasteiger partial charge in [0.05, 0.1) is 0 Å². The number of amides is 1. The van der Waals surface area contributed by atoms with E-state index in [1.165, 1.54) is 4.90 Å². The zero-order valence-corrected chi connectivity index (χ0v) is 11.8. The Labute approximate surface area is 121 Å². The van der Waals surface area contributed by atoms with Gasteiger partial charge < -0.3 is 14.7 Å². The van der Waals surface area contributed by atoms with Crippen LogP contribution < -0.4 is 4.74 Å². The fourth-order valence-corrected chi connectivity index (χ4v) is 3.27. The number of carbonyl (C=O) groups excluding carboxylic acids is 1. The third-order valence-electron chi connectivity index (χ3n) is 4.27. The van der Waals surface area contributed by atoms with Crippen LogP contribution in [0.3, 0.4) is 0 Å². The van der Waals surface area contributed by atoms with E-state index in [-0.39, 0.29) is 0 Å². The molecule has 0 unspecified atom stereocenters. The van der Waals surface area contributed by atoms with Crippen molar-refractivity contribution in [2.45, 2.75) is 25.0 Å². The van der Waals surface area contributed by atoms with E-state index in [1.807, 2.05) is 0 Å². The van der Waals surface area contributed by atoms with E-state index in [0.717, 1.165) is 0 Å². The first-order valence-corrected chi connectivity index (χ1v) is 6.70. The molecule has 0 spiro atoms. The third kappa shape index (κ3) is 1.69. The summed E-state index contributed by atoms with van der Waals surface area (Å²) in [5.74, 6) is -2.44. The normalized spacial score (nSPS) is 31.6. The summed E-state index contributed by atoms with van der Waals surface area (Å²) in [4.78, 5) is 25.2. The van der Waals surface area contributed by atoms with Crippen molar-refractivity contribution in [2.75, 3.05) is 7.05 Å². The van der Waals surface area contributed by atoms with Gasteiger partial charge in [-0.1, -0.05) is 11.6 Å². The molecule has 5 nitrogen and oxygen atoms in total. The highest BCUT2D eigenvalue weighted by atomic mass is 35.5. The first-order chi connectivity index (χ1) is 9.33. The van der Waals surface area contributed by atoms with Crippen molar-refractivity contribution >= 4 is 23.5 Å². The summed E-state index contributed by atoms with van der Waals surface area (Å²) in [6, 6.07) is 5.11. The molecular weight excluding hydrogens is 282 g/mol. The van der Waals surface area contributed by atoms with Crippen molar-refractivity contribution in [3.05, 3.63) is 28.8 Å². The van der Waals surface area contributed by atoms with Crippen molar-refractivity contribution in [2.24, 2.45) is 5.92 Å². The van der Waals surface area contributed by atoms with Crippen molar-refractivity contribution in [3.63, 3.8) is 0 Å². The minimum absolute atomic E-state index is 0.413. The molecule has 3 atom stereocenters. The van der Waals surface area contributed by atoms with Crippen LogP contribution in [0.25, 0.3) is 0 Å². The molecule has 2 heterocycles. The van der Waals surface area contributed by atoms with Crippen LogP contribution in [-0.2, 0) is 9.59 Å². The predicted molar refractivity (Wildman–Crippen MR) is 71.7 cm³/mol. The molecule has 1 aromatic rings. The maximum Gasteiger partial charge on any atom is 0.316 e. The van der Waals surface area contributed by atoms with Crippen molar-refractivity contribution in [1.29, 1.82) is 0 Å². The monoisotopic (exact) mass is 295 g/mol. The van der Waals surface area contributed by atoms with E-state index in [2.05, 4.69) is 0 Å². The van der Waals surface area contributed by atoms with E-state index in [4.69, 9.17) is 16.3 Å². The van der Waals surface area contributed by atoms with Crippen LogP contribution in [0, 0.1) is 5.92 Å². The molecule has 20 heavy (non-hydrogen) atoms. The summed E-state index contributed by atoms with van der Waals surface area (Å²) in [6.07, 6.45) is 0.444. The lowest BCUT2D eigenvalue weighted by atomic mass is 9.74. The first-order valence-electron chi connectivity index (χ1n) is 6.32. The number of likely N-dealkylation sites (tertiary alicyclic amines) is 1. The topological polar surface area (TPSA) is 66.8 Å². The maximum absolute atomic E-state index is 12.3. The fraction of sp³-hybridized carbons (Fsp3) is 0.429. The number of fused-ring (bicyclic) bond motifs is 4. The largest absolute Gasteiger partial charge is 0.481 e. The van der Waals surface area contributed by atoms with Crippen molar-refractivity contribution in [1.82, 2.24) is 4.90 Å². The molecule has 6 heteroatoms. The number of carboxylic acid groups (broad SMARTS) is 1. The summed E-state index contributed by atoms with van der Waals surface area (Å²) in [5, 5.41) is 9.90. The van der Waals surface area contributed by atoms with Gasteiger partial charge in [0, 0.05) is 30.0 Å². The number of hydrogen-bond donors (Lipinski definition) is 1. The number of carbonyl (C=O) groups is 2. The molecule has 106 valence electrons. The number of hydrogen-bond acceptors (Lipinski definition) is 3. The van der Waals surface area contributed by atoms with E-state index >= 15 is 0 Å². The quantitative estimate of drug-likeness (QED) is 0.806. The highest BCUT2D eigenvalue weighted by molar-refractivity contribution is 6.30. The number of ether oxygens (including phenoxy) is 1. The van der Waals surface area contributed by atoms with Gasteiger partial charge in [0.1, 0.15) is 11.7 Å². The molecule has 0 saturated carbocycles. The fourth-order valence-electron chi connectivity index (χ4n) is 3.09. The van der Waals surface area contributed by atoms with Crippen LogP contribution in [0.1, 0.15) is 24.8 Å². The molecule has 1 aromatic carbocycles. The average Bonchev–Trinajstić information content (AvgIpc) is 2.37. The lowest BCUT2D eigenvalue weighted by molar-refractivity contribution is -0.176. The second-order valence-electron chi connectivity index (χ2n) is 5.48. The van der Waals surface area contributed by atoms with Crippen LogP contribution in [0.5, 0.6) is 5.75 Å². The number of piperidine rings is 1. The van der Waals surface area contributed by atoms with Crippen molar-refractivity contribution in [3.8, 4) is 5.75 Å². The second kappa shape index (κ2) is 4.12. The number of halogens is 1. The zero-order valence-electron chi connectivity index (χ0n) is 11.1. The van der Waals surface area contributed by atoms with Gasteiger partial charge in [-0.3, -0.25) is 9.59 Å². The second-order valence-corrected chi connectivity index (χ2v) is 5.92. The Morgan fingerprint density at radius 1 is 1.55 bits per heavy atom. The van der Waals surface area contributed by atoms with Crippen LogP contribution in [-0.4, -0.2) is 34.7 Å². The number of aliphatic carboxylic acids is 1. The number of rotatable bonds is 1. The van der Waals surface area contributed by atoms with Gasteiger partial charge in [-0.2, -0.15) is 0 Å². The zero-order chi connectivity index (χ0) is 14.7.